The van der Waals surface area contributed by atoms with Crippen LogP contribution in [0.5, 0.6) is 0 Å². The quantitative estimate of drug-likeness (QED) is 0.728. The maximum Gasteiger partial charge on any atom is 0.123 e. The van der Waals surface area contributed by atoms with Crippen molar-refractivity contribution in [3.8, 4) is 17.2 Å². The van der Waals surface area contributed by atoms with E-state index in [4.69, 9.17) is 5.26 Å². The summed E-state index contributed by atoms with van der Waals surface area (Å²) in [6, 6.07) is 9.93. The Kier molecular flexibility index (Phi) is 2.65. The molecule has 2 nitrogen and oxygen atoms in total. The van der Waals surface area contributed by atoms with E-state index in [0.29, 0.717) is 16.7 Å². The first kappa shape index (κ1) is 10.3. The van der Waals surface area contributed by atoms with Crippen molar-refractivity contribution < 1.29 is 4.39 Å². The lowest BCUT2D eigenvalue weighted by molar-refractivity contribution is 0.628. The van der Waals surface area contributed by atoms with Crippen molar-refractivity contribution in [3.05, 3.63) is 53.6 Å². The lowest BCUT2D eigenvalue weighted by atomic mass is 10.0. The first-order chi connectivity index (χ1) is 7.70. The number of nitrogens with zero attached hydrogens (tertiary/aromatic N) is 2. The minimum absolute atomic E-state index is 0.318. The molecule has 0 radical (unpaired) electrons. The fourth-order valence-corrected chi connectivity index (χ4v) is 1.54. The predicted molar refractivity (Wildman–Crippen MR) is 59.1 cm³/mol. The zero-order valence-electron chi connectivity index (χ0n) is 8.74. The van der Waals surface area contributed by atoms with Gasteiger partial charge in [-0.3, -0.25) is 4.98 Å². The molecule has 3 heteroatoms. The van der Waals surface area contributed by atoms with E-state index in [9.17, 15) is 4.39 Å². The van der Waals surface area contributed by atoms with Gasteiger partial charge in [0.25, 0.3) is 0 Å². The lowest BCUT2D eigenvalue weighted by Gasteiger charge is -2.04. The average Bonchev–Trinajstić information content (AvgIpc) is 2.28. The number of nitriles is 1. The molecule has 1 aromatic carbocycles. The summed E-state index contributed by atoms with van der Waals surface area (Å²) in [6.45, 7) is 1.82. The van der Waals surface area contributed by atoms with Gasteiger partial charge in [0, 0.05) is 17.5 Å². The highest BCUT2D eigenvalue weighted by atomic mass is 19.1. The van der Waals surface area contributed by atoms with Crippen LogP contribution in [0.3, 0.4) is 0 Å². The van der Waals surface area contributed by atoms with E-state index in [1.807, 2.05) is 6.92 Å². The van der Waals surface area contributed by atoms with Crippen LogP contribution in [0, 0.1) is 24.1 Å². The molecular weight excluding hydrogens is 203 g/mol. The molecular formula is C13H9FN2. The number of rotatable bonds is 1. The van der Waals surface area contributed by atoms with Crippen molar-refractivity contribution in [1.29, 1.82) is 5.26 Å². The molecule has 0 spiro atoms. The molecule has 0 saturated carbocycles. The lowest BCUT2D eigenvalue weighted by Crippen LogP contribution is -1.89. The largest absolute Gasteiger partial charge is 0.261 e. The Morgan fingerprint density at radius 3 is 2.81 bits per heavy atom. The molecule has 0 bridgehead atoms. The molecule has 0 aliphatic carbocycles. The van der Waals surface area contributed by atoms with Gasteiger partial charge in [-0.05, 0) is 30.7 Å². The smallest absolute Gasteiger partial charge is 0.123 e. The molecule has 0 unspecified atom stereocenters. The van der Waals surface area contributed by atoms with E-state index in [-0.39, 0.29) is 5.82 Å². The second-order valence-electron chi connectivity index (χ2n) is 3.49. The van der Waals surface area contributed by atoms with Gasteiger partial charge >= 0.3 is 0 Å². The number of hydrogen-bond donors (Lipinski definition) is 0. The third kappa shape index (κ3) is 1.91. The second kappa shape index (κ2) is 4.11. The van der Waals surface area contributed by atoms with Gasteiger partial charge < -0.3 is 0 Å². The van der Waals surface area contributed by atoms with Crippen molar-refractivity contribution in [1.82, 2.24) is 4.98 Å². The molecule has 78 valence electrons. The maximum absolute atomic E-state index is 13.1. The molecule has 16 heavy (non-hydrogen) atoms. The van der Waals surface area contributed by atoms with E-state index in [1.165, 1.54) is 12.1 Å². The molecule has 0 fully saturated rings. The standard InChI is InChI=1S/C13H9FN2/c1-9-5-11(7-15)13(8-16-9)10-3-2-4-12(14)6-10/h2-6,8H,1H3. The number of aromatic nitrogens is 1. The van der Waals surface area contributed by atoms with Gasteiger partial charge in [-0.1, -0.05) is 12.1 Å². The van der Waals surface area contributed by atoms with E-state index >= 15 is 0 Å². The second-order valence-corrected chi connectivity index (χ2v) is 3.49. The van der Waals surface area contributed by atoms with Gasteiger partial charge in [-0.25, -0.2) is 4.39 Å². The number of pyridine rings is 1. The molecule has 0 amide bonds. The Morgan fingerprint density at radius 2 is 2.12 bits per heavy atom. The molecule has 1 aromatic heterocycles. The summed E-state index contributed by atoms with van der Waals surface area (Å²) in [7, 11) is 0. The van der Waals surface area contributed by atoms with Gasteiger partial charge in [0.05, 0.1) is 11.6 Å². The first-order valence-corrected chi connectivity index (χ1v) is 4.83. The summed E-state index contributed by atoms with van der Waals surface area (Å²) in [4.78, 5) is 4.12. The van der Waals surface area contributed by atoms with Gasteiger partial charge in [0.2, 0.25) is 0 Å². The van der Waals surface area contributed by atoms with Crippen molar-refractivity contribution in [2.24, 2.45) is 0 Å². The van der Waals surface area contributed by atoms with Crippen LogP contribution < -0.4 is 0 Å². The fourth-order valence-electron chi connectivity index (χ4n) is 1.54. The number of aryl methyl sites for hydroxylation is 1. The highest BCUT2D eigenvalue weighted by molar-refractivity contribution is 5.69. The minimum Gasteiger partial charge on any atom is -0.261 e. The molecule has 2 aromatic rings. The van der Waals surface area contributed by atoms with Crippen LogP contribution in [0.2, 0.25) is 0 Å². The molecule has 2 rings (SSSR count). The zero-order chi connectivity index (χ0) is 11.5. The number of benzene rings is 1. The number of halogens is 1. The minimum atomic E-state index is -0.318. The number of hydrogen-bond acceptors (Lipinski definition) is 2. The Bertz CT molecular complexity index is 570. The third-order valence-electron chi connectivity index (χ3n) is 2.30. The van der Waals surface area contributed by atoms with Crippen molar-refractivity contribution >= 4 is 0 Å². The van der Waals surface area contributed by atoms with Gasteiger partial charge in [0.1, 0.15) is 5.82 Å². The van der Waals surface area contributed by atoms with Crippen molar-refractivity contribution in [2.45, 2.75) is 6.92 Å². The summed E-state index contributed by atoms with van der Waals surface area (Å²) in [5.41, 5.74) is 2.62. The topological polar surface area (TPSA) is 36.7 Å². The van der Waals surface area contributed by atoms with E-state index in [1.54, 1.807) is 24.4 Å². The van der Waals surface area contributed by atoms with Gasteiger partial charge in [0.15, 0.2) is 0 Å². The molecule has 0 saturated heterocycles. The molecule has 0 aliphatic rings. The van der Waals surface area contributed by atoms with Crippen LogP contribution in [0.15, 0.2) is 36.5 Å². The van der Waals surface area contributed by atoms with Crippen LogP contribution in [-0.4, -0.2) is 4.98 Å². The maximum atomic E-state index is 13.1. The highest BCUT2D eigenvalue weighted by Gasteiger charge is 2.06. The molecule has 0 atom stereocenters. The van der Waals surface area contributed by atoms with Crippen molar-refractivity contribution in [3.63, 3.8) is 0 Å². The summed E-state index contributed by atoms with van der Waals surface area (Å²) >= 11 is 0. The third-order valence-corrected chi connectivity index (χ3v) is 2.30. The Labute approximate surface area is 93.0 Å². The Morgan fingerprint density at radius 1 is 1.31 bits per heavy atom. The van der Waals surface area contributed by atoms with Crippen LogP contribution >= 0.6 is 0 Å². The summed E-state index contributed by atoms with van der Waals surface area (Å²) in [5, 5.41) is 9.00. The average molecular weight is 212 g/mol. The van der Waals surface area contributed by atoms with Crippen LogP contribution in [-0.2, 0) is 0 Å². The Hall–Kier alpha value is -2.21. The zero-order valence-corrected chi connectivity index (χ0v) is 8.74. The van der Waals surface area contributed by atoms with E-state index in [2.05, 4.69) is 11.1 Å². The van der Waals surface area contributed by atoms with Crippen LogP contribution in [0.4, 0.5) is 4.39 Å². The first-order valence-electron chi connectivity index (χ1n) is 4.83. The molecule has 0 N–H and O–H groups in total. The Balaban J connectivity index is 2.61. The monoisotopic (exact) mass is 212 g/mol. The van der Waals surface area contributed by atoms with Crippen LogP contribution in [0.25, 0.3) is 11.1 Å². The highest BCUT2D eigenvalue weighted by Crippen LogP contribution is 2.23. The molecule has 0 aliphatic heterocycles. The summed E-state index contributed by atoms with van der Waals surface area (Å²) < 4.78 is 13.1. The predicted octanol–water partition coefficient (Wildman–Crippen LogP) is 3.07. The van der Waals surface area contributed by atoms with E-state index < -0.39 is 0 Å². The van der Waals surface area contributed by atoms with E-state index in [0.717, 1.165) is 5.69 Å². The van der Waals surface area contributed by atoms with Crippen molar-refractivity contribution in [2.75, 3.05) is 0 Å². The van der Waals surface area contributed by atoms with Crippen LogP contribution in [0.1, 0.15) is 11.3 Å². The normalized spacial score (nSPS) is 9.81. The SMILES string of the molecule is Cc1cc(C#N)c(-c2cccc(F)c2)cn1. The van der Waals surface area contributed by atoms with Gasteiger partial charge in [-0.2, -0.15) is 5.26 Å². The summed E-state index contributed by atoms with van der Waals surface area (Å²) in [6.07, 6.45) is 1.60. The van der Waals surface area contributed by atoms with Gasteiger partial charge in [-0.15, -0.1) is 0 Å². The molecule has 1 heterocycles. The summed E-state index contributed by atoms with van der Waals surface area (Å²) in [5.74, 6) is -0.318. The fraction of sp³-hybridized carbons (Fsp3) is 0.0769.